The number of carbonyl (C=O) groups excluding carboxylic acids is 2. The van der Waals surface area contributed by atoms with Crippen LogP contribution in [0.25, 0.3) is 16.8 Å². The molecule has 3 rings (SSSR count). The molecule has 0 aromatic heterocycles. The van der Waals surface area contributed by atoms with Gasteiger partial charge in [-0.2, -0.15) is 0 Å². The van der Waals surface area contributed by atoms with Crippen LogP contribution in [-0.4, -0.2) is 51.3 Å². The minimum atomic E-state index is -0.0810. The molecule has 1 saturated heterocycles. The Kier molecular flexibility index (Phi) is 13.3. The van der Waals surface area contributed by atoms with Crippen molar-refractivity contribution in [3.8, 4) is 11.5 Å². The number of urea groups is 1. The topological polar surface area (TPSA) is 101 Å². The van der Waals surface area contributed by atoms with Crippen molar-refractivity contribution in [3.05, 3.63) is 52.7 Å². The van der Waals surface area contributed by atoms with Gasteiger partial charge in [-0.15, -0.1) is 0 Å². The lowest BCUT2D eigenvalue weighted by molar-refractivity contribution is -0.121. The first-order valence-electron chi connectivity index (χ1n) is 15.0. The molecule has 4 N–H and O–H groups in total. The zero-order chi connectivity index (χ0) is 30.5. The van der Waals surface area contributed by atoms with Gasteiger partial charge in [0.05, 0.1) is 25.3 Å². The molecule has 1 fully saturated rings. The van der Waals surface area contributed by atoms with Crippen molar-refractivity contribution in [2.75, 3.05) is 27.3 Å². The molecule has 2 aromatic rings. The van der Waals surface area contributed by atoms with Crippen LogP contribution in [0.2, 0.25) is 5.02 Å². The Hall–Kier alpha value is -3.39. The molecule has 0 saturated carbocycles. The molecule has 0 aliphatic carbocycles. The van der Waals surface area contributed by atoms with Gasteiger partial charge in [0.1, 0.15) is 11.5 Å². The Morgan fingerprint density at radius 1 is 0.952 bits per heavy atom. The number of ether oxygens (including phenoxy) is 2. The first-order chi connectivity index (χ1) is 20.3. The van der Waals surface area contributed by atoms with Gasteiger partial charge in [0.2, 0.25) is 5.91 Å². The highest BCUT2D eigenvalue weighted by Gasteiger charge is 2.26. The summed E-state index contributed by atoms with van der Waals surface area (Å²) in [6.07, 6.45) is 10.5. The van der Waals surface area contributed by atoms with Gasteiger partial charge in [0.25, 0.3) is 0 Å². The zero-order valence-electron chi connectivity index (χ0n) is 25.5. The van der Waals surface area contributed by atoms with Crippen LogP contribution in [0.15, 0.2) is 42.1 Å². The van der Waals surface area contributed by atoms with Gasteiger partial charge in [-0.1, -0.05) is 68.1 Å². The van der Waals surface area contributed by atoms with Crippen LogP contribution < -0.4 is 30.7 Å². The molecule has 2 atom stereocenters. The first-order valence-corrected chi connectivity index (χ1v) is 15.4. The third-order valence-corrected chi connectivity index (χ3v) is 8.18. The van der Waals surface area contributed by atoms with E-state index in [0.717, 1.165) is 92.1 Å². The normalized spacial score (nSPS) is 16.6. The van der Waals surface area contributed by atoms with E-state index in [0.29, 0.717) is 22.9 Å². The molecular weight excluding hydrogens is 552 g/mol. The smallest absolute Gasteiger partial charge is 0.315 e. The maximum absolute atomic E-state index is 12.1. The number of rotatable bonds is 18. The fourth-order valence-electron chi connectivity index (χ4n) is 5.31. The Bertz CT molecular complexity index is 1260. The number of fused-ring (bicyclic) bond motifs is 1. The van der Waals surface area contributed by atoms with Crippen LogP contribution >= 0.6 is 11.6 Å². The fraction of sp³-hybridized carbons (Fsp3) is 0.515. The lowest BCUT2D eigenvalue weighted by Gasteiger charge is -2.17. The molecular formula is C33H47ClN4O4. The quantitative estimate of drug-likeness (QED) is 0.113. The second-order valence-electron chi connectivity index (χ2n) is 10.9. The molecule has 2 aromatic carbocycles. The van der Waals surface area contributed by atoms with E-state index in [4.69, 9.17) is 21.1 Å². The first kappa shape index (κ1) is 33.1. The van der Waals surface area contributed by atoms with E-state index in [1.807, 2.05) is 44.2 Å². The van der Waals surface area contributed by atoms with Crippen molar-refractivity contribution < 1.29 is 19.1 Å². The summed E-state index contributed by atoms with van der Waals surface area (Å²) in [7, 11) is 3.27. The summed E-state index contributed by atoms with van der Waals surface area (Å²) in [5.41, 5.74) is 2.57. The van der Waals surface area contributed by atoms with Crippen molar-refractivity contribution in [2.24, 2.45) is 0 Å². The maximum atomic E-state index is 12.1. The van der Waals surface area contributed by atoms with E-state index < -0.39 is 0 Å². The number of benzene rings is 2. The van der Waals surface area contributed by atoms with Crippen LogP contribution in [0.5, 0.6) is 11.5 Å². The lowest BCUT2D eigenvalue weighted by Crippen LogP contribution is -2.30. The van der Waals surface area contributed by atoms with E-state index in [1.54, 1.807) is 14.2 Å². The molecule has 3 amide bonds. The van der Waals surface area contributed by atoms with E-state index in [2.05, 4.69) is 27.8 Å². The van der Waals surface area contributed by atoms with Crippen LogP contribution in [0, 0.1) is 0 Å². The van der Waals surface area contributed by atoms with Crippen molar-refractivity contribution in [2.45, 2.75) is 83.7 Å². The Balaban J connectivity index is 1.30. The van der Waals surface area contributed by atoms with Crippen molar-refractivity contribution >= 4 is 40.4 Å². The molecule has 230 valence electrons. The highest BCUT2D eigenvalue weighted by molar-refractivity contribution is 6.35. The summed E-state index contributed by atoms with van der Waals surface area (Å²) in [4.78, 5) is 23.4. The number of unbranched alkanes of at least 4 members (excludes halogenated alkanes) is 5. The Morgan fingerprint density at radius 3 is 2.19 bits per heavy atom. The average molecular weight is 599 g/mol. The fourth-order valence-corrected chi connectivity index (χ4v) is 5.63. The van der Waals surface area contributed by atoms with Crippen LogP contribution in [-0.2, 0) is 4.79 Å². The maximum Gasteiger partial charge on any atom is 0.315 e. The monoisotopic (exact) mass is 598 g/mol. The second kappa shape index (κ2) is 16.9. The average Bonchev–Trinajstić information content (AvgIpc) is 3.30. The molecule has 1 aliphatic heterocycles. The van der Waals surface area contributed by atoms with E-state index in [9.17, 15) is 9.59 Å². The number of allylic oxidation sites excluding steroid dienone is 1. The predicted molar refractivity (Wildman–Crippen MR) is 172 cm³/mol. The zero-order valence-corrected chi connectivity index (χ0v) is 26.3. The highest BCUT2D eigenvalue weighted by atomic mass is 35.5. The van der Waals surface area contributed by atoms with Gasteiger partial charge in [-0.25, -0.2) is 4.79 Å². The SMILES string of the molecule is C=C(NCCCCCCNC(=O)CCCCC[C@H]1NC(=O)N[C@H]1C)/C(C)=C/c1c(Cl)c(OC)c2ccccc2c1OC. The van der Waals surface area contributed by atoms with Gasteiger partial charge in [-0.3, -0.25) is 4.79 Å². The predicted octanol–water partition coefficient (Wildman–Crippen LogP) is 6.71. The molecule has 0 unspecified atom stereocenters. The van der Waals surface area contributed by atoms with E-state index in [-0.39, 0.29) is 24.0 Å². The number of halogens is 1. The molecule has 1 aliphatic rings. The van der Waals surface area contributed by atoms with Crippen molar-refractivity contribution in [1.29, 1.82) is 0 Å². The van der Waals surface area contributed by atoms with E-state index in [1.165, 1.54) is 0 Å². The summed E-state index contributed by atoms with van der Waals surface area (Å²) in [6.45, 7) is 9.77. The summed E-state index contributed by atoms with van der Waals surface area (Å²) >= 11 is 6.76. The standard InChI is InChI=1S/C33H47ClN4O4/c1-22(21-27-30(34)32(42-5)26-16-12-11-15-25(26)31(27)41-4)23(2)35-19-13-6-7-14-20-36-29(39)18-10-8-9-17-28-24(3)37-33(40)38-28/h11-12,15-16,21,24,28,35H,2,6-10,13-14,17-20H2,1,3-5H3,(H,36,39)(H2,37,38,40)/b22-21+/t24-,28+/m0/s1. The van der Waals surface area contributed by atoms with Crippen LogP contribution in [0.3, 0.4) is 0 Å². The minimum Gasteiger partial charge on any atom is -0.495 e. The second-order valence-corrected chi connectivity index (χ2v) is 11.3. The Labute approximate surface area is 255 Å². The Morgan fingerprint density at radius 2 is 1.57 bits per heavy atom. The van der Waals surface area contributed by atoms with Gasteiger partial charge in [0, 0.05) is 47.6 Å². The molecule has 0 spiro atoms. The van der Waals surface area contributed by atoms with Crippen LogP contribution in [0.4, 0.5) is 4.79 Å². The number of nitrogens with one attached hydrogen (secondary N) is 4. The number of hydrogen-bond acceptors (Lipinski definition) is 5. The number of carbonyl (C=O) groups is 2. The van der Waals surface area contributed by atoms with Crippen LogP contribution in [0.1, 0.15) is 77.2 Å². The number of methoxy groups -OCH3 is 2. The van der Waals surface area contributed by atoms with E-state index >= 15 is 0 Å². The summed E-state index contributed by atoms with van der Waals surface area (Å²) in [5.74, 6) is 1.46. The molecule has 0 radical (unpaired) electrons. The summed E-state index contributed by atoms with van der Waals surface area (Å²) < 4.78 is 11.4. The number of amides is 3. The highest BCUT2D eigenvalue weighted by Crippen LogP contribution is 2.44. The van der Waals surface area contributed by atoms with Gasteiger partial charge in [-0.05, 0) is 51.2 Å². The van der Waals surface area contributed by atoms with Gasteiger partial charge < -0.3 is 30.7 Å². The van der Waals surface area contributed by atoms with Gasteiger partial charge in [0.15, 0.2) is 0 Å². The largest absolute Gasteiger partial charge is 0.495 e. The molecule has 0 bridgehead atoms. The number of hydrogen-bond donors (Lipinski definition) is 4. The molecule has 8 nitrogen and oxygen atoms in total. The van der Waals surface area contributed by atoms with Crippen molar-refractivity contribution in [3.63, 3.8) is 0 Å². The third kappa shape index (κ3) is 9.31. The minimum absolute atomic E-state index is 0.0810. The van der Waals surface area contributed by atoms with Gasteiger partial charge >= 0.3 is 6.03 Å². The molecule has 9 heteroatoms. The third-order valence-electron chi connectivity index (χ3n) is 7.80. The molecule has 42 heavy (non-hydrogen) atoms. The summed E-state index contributed by atoms with van der Waals surface area (Å²) in [6, 6.07) is 8.18. The molecule has 1 heterocycles. The van der Waals surface area contributed by atoms with Crippen molar-refractivity contribution in [1.82, 2.24) is 21.3 Å². The lowest BCUT2D eigenvalue weighted by atomic mass is 10.0. The summed E-state index contributed by atoms with van der Waals surface area (Å²) in [5, 5.41) is 14.6.